The summed E-state index contributed by atoms with van der Waals surface area (Å²) in [6, 6.07) is 5.74. The second-order valence-corrected chi connectivity index (χ2v) is 3.73. The Morgan fingerprint density at radius 3 is 3.00 bits per heavy atom. The van der Waals surface area contributed by atoms with E-state index in [4.69, 9.17) is 11.6 Å². The van der Waals surface area contributed by atoms with E-state index < -0.39 is 0 Å². The van der Waals surface area contributed by atoms with Gasteiger partial charge >= 0.3 is 0 Å². The molecule has 3 N–H and O–H groups in total. The SMILES string of the molecule is Cc1c(Cl)cccc1NNC1=NCCN1. The minimum absolute atomic E-state index is 0.753. The van der Waals surface area contributed by atoms with Gasteiger partial charge in [-0.15, -0.1) is 0 Å². The molecule has 1 aliphatic rings. The van der Waals surface area contributed by atoms with Crippen LogP contribution in [-0.2, 0) is 0 Å². The minimum atomic E-state index is 0.753. The number of halogens is 1. The summed E-state index contributed by atoms with van der Waals surface area (Å²) in [7, 11) is 0. The predicted molar refractivity (Wildman–Crippen MR) is 63.3 cm³/mol. The molecule has 2 rings (SSSR count). The standard InChI is InChI=1S/C10H13ClN4/c1-7-8(11)3-2-4-9(7)14-15-10-12-5-6-13-10/h2-4,14H,5-6H2,1H3,(H2,12,13,15). The highest BCUT2D eigenvalue weighted by Gasteiger charge is 2.05. The Hall–Kier alpha value is -1.42. The van der Waals surface area contributed by atoms with Crippen LogP contribution in [-0.4, -0.2) is 19.0 Å². The molecule has 0 fully saturated rings. The lowest BCUT2D eigenvalue weighted by atomic mass is 10.2. The van der Waals surface area contributed by atoms with Crippen LogP contribution in [0.2, 0.25) is 5.02 Å². The van der Waals surface area contributed by atoms with Crippen molar-refractivity contribution >= 4 is 23.2 Å². The first kappa shape index (κ1) is 10.1. The number of benzene rings is 1. The highest BCUT2D eigenvalue weighted by atomic mass is 35.5. The van der Waals surface area contributed by atoms with Crippen molar-refractivity contribution in [1.82, 2.24) is 10.7 Å². The third-order valence-corrected chi connectivity index (χ3v) is 2.67. The zero-order valence-electron chi connectivity index (χ0n) is 8.47. The van der Waals surface area contributed by atoms with Crippen LogP contribution in [0.4, 0.5) is 5.69 Å². The zero-order valence-corrected chi connectivity index (χ0v) is 9.23. The number of guanidine groups is 1. The number of anilines is 1. The van der Waals surface area contributed by atoms with Gasteiger partial charge in [0.2, 0.25) is 5.96 Å². The molecule has 0 saturated carbocycles. The van der Waals surface area contributed by atoms with Gasteiger partial charge < -0.3 is 5.32 Å². The molecule has 0 saturated heterocycles. The van der Waals surface area contributed by atoms with Crippen LogP contribution < -0.4 is 16.2 Å². The maximum Gasteiger partial charge on any atom is 0.210 e. The lowest BCUT2D eigenvalue weighted by molar-refractivity contribution is 0.937. The fraction of sp³-hybridized carbons (Fsp3) is 0.300. The van der Waals surface area contributed by atoms with Crippen LogP contribution >= 0.6 is 11.6 Å². The van der Waals surface area contributed by atoms with Gasteiger partial charge in [-0.25, -0.2) is 0 Å². The number of hydrazine groups is 1. The Bertz CT molecular complexity index is 389. The molecule has 80 valence electrons. The van der Waals surface area contributed by atoms with Crippen molar-refractivity contribution in [2.45, 2.75) is 6.92 Å². The quantitative estimate of drug-likeness (QED) is 0.668. The number of nitrogens with zero attached hydrogens (tertiary/aromatic N) is 1. The lowest BCUT2D eigenvalue weighted by Crippen LogP contribution is -2.37. The summed E-state index contributed by atoms with van der Waals surface area (Å²) in [6.45, 7) is 3.67. The van der Waals surface area contributed by atoms with Crippen LogP contribution in [0.1, 0.15) is 5.56 Å². The number of hydrogen-bond donors (Lipinski definition) is 3. The van der Waals surface area contributed by atoms with Gasteiger partial charge in [-0.3, -0.25) is 15.8 Å². The second-order valence-electron chi connectivity index (χ2n) is 3.32. The molecule has 0 unspecified atom stereocenters. The van der Waals surface area contributed by atoms with Gasteiger partial charge in [-0.05, 0) is 24.6 Å². The monoisotopic (exact) mass is 224 g/mol. The first-order valence-corrected chi connectivity index (χ1v) is 5.20. The minimum Gasteiger partial charge on any atom is -0.353 e. The molecule has 1 aromatic carbocycles. The van der Waals surface area contributed by atoms with Crippen LogP contribution in [0.15, 0.2) is 23.2 Å². The van der Waals surface area contributed by atoms with Crippen molar-refractivity contribution in [2.24, 2.45) is 4.99 Å². The number of rotatable bonds is 2. The summed E-state index contributed by atoms with van der Waals surface area (Å²) in [6.07, 6.45) is 0. The molecule has 4 nitrogen and oxygen atoms in total. The van der Waals surface area contributed by atoms with Gasteiger partial charge in [0.25, 0.3) is 0 Å². The van der Waals surface area contributed by atoms with Gasteiger partial charge in [0.1, 0.15) is 0 Å². The highest BCUT2D eigenvalue weighted by Crippen LogP contribution is 2.21. The van der Waals surface area contributed by atoms with Crippen molar-refractivity contribution < 1.29 is 0 Å². The number of aliphatic imine (C=N–C) groups is 1. The molecule has 0 radical (unpaired) electrons. The summed E-state index contributed by atoms with van der Waals surface area (Å²) >= 11 is 6.00. The van der Waals surface area contributed by atoms with E-state index in [9.17, 15) is 0 Å². The molecule has 0 bridgehead atoms. The van der Waals surface area contributed by atoms with Crippen molar-refractivity contribution in [1.29, 1.82) is 0 Å². The molecule has 0 aromatic heterocycles. The molecule has 0 spiro atoms. The second kappa shape index (κ2) is 4.40. The molecule has 15 heavy (non-hydrogen) atoms. The van der Waals surface area contributed by atoms with Crippen LogP contribution in [0.3, 0.4) is 0 Å². The first-order valence-electron chi connectivity index (χ1n) is 4.83. The van der Waals surface area contributed by atoms with Gasteiger partial charge in [-0.2, -0.15) is 0 Å². The lowest BCUT2D eigenvalue weighted by Gasteiger charge is -2.12. The fourth-order valence-electron chi connectivity index (χ4n) is 1.35. The van der Waals surface area contributed by atoms with Gasteiger partial charge in [0.15, 0.2) is 0 Å². The van der Waals surface area contributed by atoms with E-state index in [0.29, 0.717) is 0 Å². The van der Waals surface area contributed by atoms with Gasteiger partial charge in [0.05, 0.1) is 12.2 Å². The van der Waals surface area contributed by atoms with E-state index in [0.717, 1.165) is 35.3 Å². The topological polar surface area (TPSA) is 48.5 Å². The molecule has 1 aromatic rings. The van der Waals surface area contributed by atoms with Gasteiger partial charge in [0, 0.05) is 11.6 Å². The maximum atomic E-state index is 6.00. The average Bonchev–Trinajstić information content (AvgIpc) is 2.73. The van der Waals surface area contributed by atoms with E-state index >= 15 is 0 Å². The fourth-order valence-corrected chi connectivity index (χ4v) is 1.53. The number of nitrogens with one attached hydrogen (secondary N) is 3. The van der Waals surface area contributed by atoms with E-state index in [1.54, 1.807) is 0 Å². The zero-order chi connectivity index (χ0) is 10.7. The maximum absolute atomic E-state index is 6.00. The summed E-state index contributed by atoms with van der Waals surface area (Å²) in [5, 5.41) is 3.86. The Labute approximate surface area is 93.7 Å². The summed E-state index contributed by atoms with van der Waals surface area (Å²) < 4.78 is 0. The van der Waals surface area contributed by atoms with Crippen molar-refractivity contribution in [2.75, 3.05) is 18.5 Å². The Balaban J connectivity index is 2.01. The number of hydrogen-bond acceptors (Lipinski definition) is 4. The molecular formula is C10H13ClN4. The Morgan fingerprint density at radius 1 is 1.40 bits per heavy atom. The van der Waals surface area contributed by atoms with E-state index in [-0.39, 0.29) is 0 Å². The molecule has 1 heterocycles. The summed E-state index contributed by atoms with van der Waals surface area (Å²) in [5.41, 5.74) is 8.04. The van der Waals surface area contributed by atoms with E-state index in [2.05, 4.69) is 21.2 Å². The van der Waals surface area contributed by atoms with E-state index in [1.807, 2.05) is 25.1 Å². The largest absolute Gasteiger partial charge is 0.353 e. The molecule has 0 atom stereocenters. The molecule has 5 heteroatoms. The predicted octanol–water partition coefficient (Wildman–Crippen LogP) is 1.52. The third-order valence-electron chi connectivity index (χ3n) is 2.26. The summed E-state index contributed by atoms with van der Waals surface area (Å²) in [5.74, 6) is 0.773. The molecule has 1 aliphatic heterocycles. The van der Waals surface area contributed by atoms with Crippen LogP contribution in [0.25, 0.3) is 0 Å². The molecule has 0 amide bonds. The first-order chi connectivity index (χ1) is 7.27. The van der Waals surface area contributed by atoms with Crippen LogP contribution in [0.5, 0.6) is 0 Å². The smallest absolute Gasteiger partial charge is 0.210 e. The average molecular weight is 225 g/mol. The van der Waals surface area contributed by atoms with E-state index in [1.165, 1.54) is 0 Å². The van der Waals surface area contributed by atoms with Crippen molar-refractivity contribution in [3.8, 4) is 0 Å². The van der Waals surface area contributed by atoms with Gasteiger partial charge in [-0.1, -0.05) is 17.7 Å². The van der Waals surface area contributed by atoms with Crippen LogP contribution in [0, 0.1) is 6.92 Å². The molecular weight excluding hydrogens is 212 g/mol. The van der Waals surface area contributed by atoms with Crippen molar-refractivity contribution in [3.63, 3.8) is 0 Å². The van der Waals surface area contributed by atoms with Crippen molar-refractivity contribution in [3.05, 3.63) is 28.8 Å². The normalized spacial score (nSPS) is 14.4. The Kier molecular flexibility index (Phi) is 2.97. The summed E-state index contributed by atoms with van der Waals surface area (Å²) in [4.78, 5) is 4.20. The Morgan fingerprint density at radius 2 is 2.27 bits per heavy atom. The highest BCUT2D eigenvalue weighted by molar-refractivity contribution is 6.31. The third kappa shape index (κ3) is 2.33. The molecule has 0 aliphatic carbocycles.